The molecule has 3 rings (SSSR count). The summed E-state index contributed by atoms with van der Waals surface area (Å²) in [6, 6.07) is 10.6. The first-order valence-electron chi connectivity index (χ1n) is 8.65. The van der Waals surface area contributed by atoms with E-state index in [4.69, 9.17) is 16.3 Å². The molecule has 0 aliphatic carbocycles. The number of nitrogens with one attached hydrogen (secondary N) is 1. The minimum Gasteiger partial charge on any atom is -0.504 e. The van der Waals surface area contributed by atoms with Gasteiger partial charge < -0.3 is 15.2 Å². The number of benzene rings is 2. The molecule has 1 saturated heterocycles. The summed E-state index contributed by atoms with van der Waals surface area (Å²) in [5, 5.41) is 14.2. The number of carbonyl (C=O) groups excluding carboxylic acids is 1. The van der Waals surface area contributed by atoms with Crippen molar-refractivity contribution in [2.24, 2.45) is 4.99 Å². The second kappa shape index (κ2) is 8.99. The highest BCUT2D eigenvalue weighted by Gasteiger charge is 2.24. The first-order valence-corrected chi connectivity index (χ1v) is 9.84. The van der Waals surface area contributed by atoms with Crippen LogP contribution < -0.4 is 10.1 Å². The van der Waals surface area contributed by atoms with Gasteiger partial charge in [0.25, 0.3) is 5.91 Å². The summed E-state index contributed by atoms with van der Waals surface area (Å²) >= 11 is 7.13. The summed E-state index contributed by atoms with van der Waals surface area (Å²) in [5.74, 6) is 0.249. The molecule has 0 radical (unpaired) electrons. The minimum absolute atomic E-state index is 0.0948. The lowest BCUT2D eigenvalue weighted by atomic mass is 10.1. The Morgan fingerprint density at radius 1 is 1.32 bits per heavy atom. The number of aromatic hydroxyl groups is 1. The molecule has 28 heavy (non-hydrogen) atoms. The third-order valence-electron chi connectivity index (χ3n) is 3.85. The van der Waals surface area contributed by atoms with E-state index in [0.717, 1.165) is 5.56 Å². The highest BCUT2D eigenvalue weighted by Crippen LogP contribution is 2.35. The van der Waals surface area contributed by atoms with E-state index in [1.165, 1.54) is 11.8 Å². The molecule has 2 aromatic rings. The van der Waals surface area contributed by atoms with Crippen LogP contribution in [0.3, 0.4) is 0 Å². The number of allylic oxidation sites excluding steroid dienone is 1. The van der Waals surface area contributed by atoms with E-state index in [-0.39, 0.29) is 11.7 Å². The first kappa shape index (κ1) is 20.0. The van der Waals surface area contributed by atoms with Gasteiger partial charge in [-0.25, -0.2) is 4.99 Å². The number of rotatable bonds is 6. The van der Waals surface area contributed by atoms with Gasteiger partial charge in [-0.15, -0.1) is 6.58 Å². The molecule has 2 N–H and O–H groups in total. The zero-order valence-electron chi connectivity index (χ0n) is 15.2. The summed E-state index contributed by atoms with van der Waals surface area (Å²) in [6.07, 6.45) is 3.94. The van der Waals surface area contributed by atoms with Crippen molar-refractivity contribution in [2.45, 2.75) is 13.3 Å². The third-order valence-corrected chi connectivity index (χ3v) is 5.01. The highest BCUT2D eigenvalue weighted by molar-refractivity contribution is 8.18. The van der Waals surface area contributed by atoms with Crippen molar-refractivity contribution in [3.05, 3.63) is 70.1 Å². The Morgan fingerprint density at radius 2 is 2.07 bits per heavy atom. The smallest absolute Gasteiger partial charge is 0.264 e. The molecule has 1 heterocycles. The lowest BCUT2D eigenvalue weighted by Crippen LogP contribution is -2.19. The van der Waals surface area contributed by atoms with E-state index in [2.05, 4.69) is 16.9 Å². The van der Waals surface area contributed by atoms with Gasteiger partial charge in [0, 0.05) is 10.6 Å². The molecule has 0 atom stereocenters. The number of phenols is 1. The van der Waals surface area contributed by atoms with Crippen molar-refractivity contribution in [1.82, 2.24) is 5.32 Å². The van der Waals surface area contributed by atoms with Crippen LogP contribution in [-0.2, 0) is 11.2 Å². The van der Waals surface area contributed by atoms with E-state index in [1.807, 2.05) is 13.0 Å². The summed E-state index contributed by atoms with van der Waals surface area (Å²) in [5.41, 5.74) is 2.14. The maximum absolute atomic E-state index is 12.3. The molecule has 1 aliphatic rings. The number of aliphatic imine (C=N–C) groups is 1. The average Bonchev–Trinajstić information content (AvgIpc) is 3.00. The molecular weight excluding hydrogens is 396 g/mol. The molecular formula is C21H19ClN2O3S. The van der Waals surface area contributed by atoms with Gasteiger partial charge in [-0.2, -0.15) is 0 Å². The number of phenolic OH excluding ortho intramolecular Hbond substituents is 1. The van der Waals surface area contributed by atoms with Crippen molar-refractivity contribution in [3.8, 4) is 11.5 Å². The van der Waals surface area contributed by atoms with Gasteiger partial charge >= 0.3 is 0 Å². The zero-order chi connectivity index (χ0) is 20.1. The second-order valence-corrected chi connectivity index (χ2v) is 7.38. The third kappa shape index (κ3) is 4.77. The van der Waals surface area contributed by atoms with Gasteiger partial charge in [0.1, 0.15) is 0 Å². The molecule has 1 amide bonds. The van der Waals surface area contributed by atoms with Crippen molar-refractivity contribution in [1.29, 1.82) is 0 Å². The largest absolute Gasteiger partial charge is 0.504 e. The average molecular weight is 415 g/mol. The molecule has 0 spiro atoms. The Bertz CT molecular complexity index is 968. The van der Waals surface area contributed by atoms with Crippen LogP contribution in [0.25, 0.3) is 6.08 Å². The van der Waals surface area contributed by atoms with E-state index in [9.17, 15) is 9.90 Å². The molecule has 7 heteroatoms. The van der Waals surface area contributed by atoms with Crippen LogP contribution in [0, 0.1) is 0 Å². The quantitative estimate of drug-likeness (QED) is 0.511. The predicted octanol–water partition coefficient (Wildman–Crippen LogP) is 5.06. The number of hydrogen-bond acceptors (Lipinski definition) is 5. The van der Waals surface area contributed by atoms with E-state index in [0.29, 0.717) is 45.1 Å². The van der Waals surface area contributed by atoms with Crippen LogP contribution in [0.4, 0.5) is 5.69 Å². The standard InChI is InChI=1S/C21H19ClN2O3S/c1-3-5-14-10-13(11-17(19(14)25)27-4-2)12-18-20(26)24-21(28-18)23-16-8-6-15(22)7-9-16/h3,6-12,25H,1,4-5H2,2H3,(H,23,24,26). The zero-order valence-corrected chi connectivity index (χ0v) is 16.8. The molecule has 0 unspecified atom stereocenters. The van der Waals surface area contributed by atoms with Crippen LogP contribution in [0.15, 0.2) is 59.0 Å². The van der Waals surface area contributed by atoms with Crippen LogP contribution in [0.2, 0.25) is 5.02 Å². The first-order chi connectivity index (χ1) is 13.5. The van der Waals surface area contributed by atoms with Crippen molar-refractivity contribution < 1.29 is 14.6 Å². The lowest BCUT2D eigenvalue weighted by molar-refractivity contribution is -0.115. The fourth-order valence-corrected chi connectivity index (χ4v) is 3.58. The Kier molecular flexibility index (Phi) is 6.44. The van der Waals surface area contributed by atoms with Gasteiger partial charge in [-0.05, 0) is 73.1 Å². The van der Waals surface area contributed by atoms with Crippen LogP contribution in [0.5, 0.6) is 11.5 Å². The van der Waals surface area contributed by atoms with E-state index < -0.39 is 0 Å². The Hall–Kier alpha value is -2.70. The maximum atomic E-state index is 12.3. The summed E-state index contributed by atoms with van der Waals surface area (Å²) in [6.45, 7) is 5.98. The molecule has 0 saturated carbocycles. The van der Waals surface area contributed by atoms with Gasteiger partial charge in [0.15, 0.2) is 16.7 Å². The van der Waals surface area contributed by atoms with Crippen LogP contribution in [0.1, 0.15) is 18.1 Å². The predicted molar refractivity (Wildman–Crippen MR) is 115 cm³/mol. The molecule has 0 aromatic heterocycles. The molecule has 0 bridgehead atoms. The van der Waals surface area contributed by atoms with E-state index in [1.54, 1.807) is 42.5 Å². The monoisotopic (exact) mass is 414 g/mol. The lowest BCUT2D eigenvalue weighted by Gasteiger charge is -2.11. The number of halogens is 1. The SMILES string of the molecule is C=CCc1cc(C=C2SC(=Nc3ccc(Cl)cc3)NC2=O)cc(OCC)c1O. The highest BCUT2D eigenvalue weighted by atomic mass is 35.5. The molecule has 5 nitrogen and oxygen atoms in total. The van der Waals surface area contributed by atoms with Crippen LogP contribution >= 0.6 is 23.4 Å². The number of carbonyl (C=O) groups is 1. The Labute approximate surface area is 172 Å². The summed E-state index contributed by atoms with van der Waals surface area (Å²) in [7, 11) is 0. The Balaban J connectivity index is 1.89. The van der Waals surface area contributed by atoms with E-state index >= 15 is 0 Å². The van der Waals surface area contributed by atoms with Gasteiger partial charge in [0.05, 0.1) is 17.2 Å². The number of hydrogen-bond donors (Lipinski definition) is 2. The normalized spacial score (nSPS) is 16.4. The molecule has 1 fully saturated rings. The maximum Gasteiger partial charge on any atom is 0.264 e. The summed E-state index contributed by atoms with van der Waals surface area (Å²) in [4.78, 5) is 17.2. The fraction of sp³-hybridized carbons (Fsp3) is 0.143. The van der Waals surface area contributed by atoms with Crippen LogP contribution in [-0.4, -0.2) is 22.8 Å². The number of nitrogens with zero attached hydrogens (tertiary/aromatic N) is 1. The minimum atomic E-state index is -0.228. The van der Waals surface area contributed by atoms with Crippen molar-refractivity contribution in [3.63, 3.8) is 0 Å². The second-order valence-electron chi connectivity index (χ2n) is 5.91. The number of amides is 1. The van der Waals surface area contributed by atoms with Gasteiger partial charge in [-0.3, -0.25) is 4.79 Å². The number of ether oxygens (including phenoxy) is 1. The van der Waals surface area contributed by atoms with Gasteiger partial charge in [-0.1, -0.05) is 17.7 Å². The van der Waals surface area contributed by atoms with Crippen molar-refractivity contribution >= 4 is 46.2 Å². The molecule has 144 valence electrons. The summed E-state index contributed by atoms with van der Waals surface area (Å²) < 4.78 is 5.51. The number of amidine groups is 1. The molecule has 2 aromatic carbocycles. The topological polar surface area (TPSA) is 70.9 Å². The number of thioether (sulfide) groups is 1. The van der Waals surface area contributed by atoms with Gasteiger partial charge in [0.2, 0.25) is 0 Å². The Morgan fingerprint density at radius 3 is 2.75 bits per heavy atom. The fourth-order valence-electron chi connectivity index (χ4n) is 2.61. The van der Waals surface area contributed by atoms with Crippen molar-refractivity contribution in [2.75, 3.05) is 6.61 Å². The molecule has 1 aliphatic heterocycles.